The maximum Gasteiger partial charge on any atom is 0.338 e. The lowest BCUT2D eigenvalue weighted by Crippen LogP contribution is -2.05. The van der Waals surface area contributed by atoms with Gasteiger partial charge < -0.3 is 5.11 Å². The van der Waals surface area contributed by atoms with Crippen LogP contribution >= 0.6 is 27.7 Å². The molecule has 1 aromatic heterocycles. The van der Waals surface area contributed by atoms with Gasteiger partial charge >= 0.3 is 5.97 Å². The molecule has 0 amide bonds. The Morgan fingerprint density at radius 2 is 2.10 bits per heavy atom. The van der Waals surface area contributed by atoms with Crippen LogP contribution in [0.15, 0.2) is 33.8 Å². The molecule has 2 rings (SSSR count). The van der Waals surface area contributed by atoms with Gasteiger partial charge in [-0.2, -0.15) is 0 Å². The van der Waals surface area contributed by atoms with Crippen LogP contribution in [0.1, 0.15) is 27.2 Å². The van der Waals surface area contributed by atoms with Gasteiger partial charge in [0.25, 0.3) is 0 Å². The van der Waals surface area contributed by atoms with Gasteiger partial charge in [-0.3, -0.25) is 0 Å². The number of carboxylic acid groups (broad SMARTS) is 1. The van der Waals surface area contributed by atoms with Gasteiger partial charge in [-0.25, -0.2) is 14.2 Å². The Morgan fingerprint density at radius 1 is 1.38 bits per heavy atom. The number of carbonyl (C=O) groups is 1. The van der Waals surface area contributed by atoms with E-state index in [-0.39, 0.29) is 11.4 Å². The van der Waals surface area contributed by atoms with Gasteiger partial charge in [0.1, 0.15) is 10.8 Å². The van der Waals surface area contributed by atoms with Gasteiger partial charge in [-0.15, -0.1) is 11.8 Å². The second-order valence-corrected chi connectivity index (χ2v) is 6.47. The molecule has 1 aromatic carbocycles. The molecule has 0 unspecified atom stereocenters. The fourth-order valence-corrected chi connectivity index (χ4v) is 3.49. The monoisotopic (exact) mass is 369 g/mol. The number of aryl methyl sites for hydroxylation is 2. The normalized spacial score (nSPS) is 10.7. The van der Waals surface area contributed by atoms with Gasteiger partial charge in [0.2, 0.25) is 0 Å². The zero-order valence-electron chi connectivity index (χ0n) is 11.5. The van der Waals surface area contributed by atoms with E-state index in [0.717, 1.165) is 10.2 Å². The van der Waals surface area contributed by atoms with Crippen LogP contribution in [0.4, 0.5) is 4.39 Å². The molecule has 0 atom stereocenters. The molecule has 0 aliphatic rings. The minimum Gasteiger partial charge on any atom is -0.478 e. The predicted octanol–water partition coefficient (Wildman–Crippen LogP) is 4.59. The number of hydrogen-bond acceptors (Lipinski definition) is 3. The number of rotatable bonds is 4. The Hall–Kier alpha value is -1.40. The largest absolute Gasteiger partial charge is 0.478 e. The number of hydrogen-bond donors (Lipinski definition) is 1. The van der Waals surface area contributed by atoms with Crippen molar-refractivity contribution in [3.05, 3.63) is 56.9 Å². The van der Waals surface area contributed by atoms with E-state index in [0.29, 0.717) is 21.9 Å². The van der Waals surface area contributed by atoms with Crippen molar-refractivity contribution in [2.24, 2.45) is 0 Å². The molecule has 0 fully saturated rings. The topological polar surface area (TPSA) is 50.2 Å². The Bertz CT molecular complexity index is 706. The number of aromatic nitrogens is 1. The minimum atomic E-state index is -1.02. The third kappa shape index (κ3) is 3.83. The summed E-state index contributed by atoms with van der Waals surface area (Å²) in [6, 6.07) is 6.42. The van der Waals surface area contributed by atoms with Gasteiger partial charge in [0.15, 0.2) is 0 Å². The third-order valence-electron chi connectivity index (χ3n) is 2.90. The van der Waals surface area contributed by atoms with E-state index < -0.39 is 5.97 Å². The summed E-state index contributed by atoms with van der Waals surface area (Å²) in [6.45, 7) is 3.55. The second kappa shape index (κ2) is 6.58. The summed E-state index contributed by atoms with van der Waals surface area (Å²) < 4.78 is 14.5. The van der Waals surface area contributed by atoms with Crippen LogP contribution in [0.2, 0.25) is 0 Å². The standard InChI is InChI=1S/C15H13BrFNO2S/c1-8-5-9(2)18-14(13(8)15(19)20)21-7-10-6-11(16)3-4-12(10)17/h3-6H,7H2,1-2H3,(H,19,20). The molecule has 0 aliphatic carbocycles. The number of nitrogens with zero attached hydrogens (tertiary/aromatic N) is 1. The lowest BCUT2D eigenvalue weighted by Gasteiger charge is -2.10. The van der Waals surface area contributed by atoms with Crippen molar-refractivity contribution in [1.29, 1.82) is 0 Å². The van der Waals surface area contributed by atoms with Crippen LogP contribution in [-0.4, -0.2) is 16.1 Å². The first-order valence-electron chi connectivity index (χ1n) is 6.16. The molecule has 1 heterocycles. The van der Waals surface area contributed by atoms with Gasteiger partial charge in [0.05, 0.1) is 5.56 Å². The van der Waals surface area contributed by atoms with Gasteiger partial charge in [-0.05, 0) is 49.2 Å². The Balaban J connectivity index is 2.31. The number of thioether (sulfide) groups is 1. The lowest BCUT2D eigenvalue weighted by atomic mass is 10.1. The molecule has 21 heavy (non-hydrogen) atoms. The quantitative estimate of drug-likeness (QED) is 0.800. The summed E-state index contributed by atoms with van der Waals surface area (Å²) in [5.74, 6) is -1.01. The second-order valence-electron chi connectivity index (χ2n) is 4.59. The molecule has 0 aliphatic heterocycles. The molecule has 1 N–H and O–H groups in total. The van der Waals surface area contributed by atoms with E-state index in [9.17, 15) is 14.3 Å². The Morgan fingerprint density at radius 3 is 2.76 bits per heavy atom. The molecule has 0 spiro atoms. The van der Waals surface area contributed by atoms with Crippen LogP contribution < -0.4 is 0 Å². The smallest absolute Gasteiger partial charge is 0.338 e. The summed E-state index contributed by atoms with van der Waals surface area (Å²) in [5.41, 5.74) is 2.09. The number of aromatic carboxylic acids is 1. The summed E-state index contributed by atoms with van der Waals surface area (Å²) in [7, 11) is 0. The van der Waals surface area contributed by atoms with Crippen LogP contribution in [0, 0.1) is 19.7 Å². The fourth-order valence-electron chi connectivity index (χ4n) is 1.97. The maximum absolute atomic E-state index is 13.7. The molecule has 0 saturated heterocycles. The summed E-state index contributed by atoms with van der Waals surface area (Å²) >= 11 is 4.52. The van der Waals surface area contributed by atoms with Gasteiger partial charge in [0, 0.05) is 15.9 Å². The Kier molecular flexibility index (Phi) is 5.00. The van der Waals surface area contributed by atoms with Crippen molar-refractivity contribution in [2.45, 2.75) is 24.6 Å². The summed E-state index contributed by atoms with van der Waals surface area (Å²) in [4.78, 5) is 15.6. The first kappa shape index (κ1) is 16.0. The number of pyridine rings is 1. The SMILES string of the molecule is Cc1cc(C)c(C(=O)O)c(SCc2cc(Br)ccc2F)n1. The zero-order valence-corrected chi connectivity index (χ0v) is 13.9. The predicted molar refractivity (Wildman–Crippen MR) is 84.3 cm³/mol. The molecular weight excluding hydrogens is 357 g/mol. The van der Waals surface area contributed by atoms with Gasteiger partial charge in [-0.1, -0.05) is 15.9 Å². The van der Waals surface area contributed by atoms with E-state index in [1.165, 1.54) is 17.8 Å². The van der Waals surface area contributed by atoms with E-state index in [1.807, 2.05) is 6.92 Å². The van der Waals surface area contributed by atoms with Crippen LogP contribution in [0.25, 0.3) is 0 Å². The van der Waals surface area contributed by atoms with Crippen LogP contribution in [0.3, 0.4) is 0 Å². The van der Waals surface area contributed by atoms with E-state index in [1.54, 1.807) is 25.1 Å². The number of halogens is 2. The molecule has 0 bridgehead atoms. The number of carboxylic acids is 1. The first-order valence-corrected chi connectivity index (χ1v) is 7.94. The molecule has 0 saturated carbocycles. The summed E-state index contributed by atoms with van der Waals surface area (Å²) in [5, 5.41) is 9.71. The van der Waals surface area contributed by atoms with Crippen molar-refractivity contribution in [1.82, 2.24) is 4.98 Å². The van der Waals surface area contributed by atoms with Crippen molar-refractivity contribution in [3.63, 3.8) is 0 Å². The highest BCUT2D eigenvalue weighted by Crippen LogP contribution is 2.29. The molecule has 2 aromatic rings. The minimum absolute atomic E-state index is 0.181. The highest BCUT2D eigenvalue weighted by molar-refractivity contribution is 9.10. The molecule has 6 heteroatoms. The number of benzene rings is 1. The molecular formula is C15H13BrFNO2S. The average molecular weight is 370 g/mol. The van der Waals surface area contributed by atoms with Crippen molar-refractivity contribution in [2.75, 3.05) is 0 Å². The van der Waals surface area contributed by atoms with Crippen molar-refractivity contribution < 1.29 is 14.3 Å². The van der Waals surface area contributed by atoms with Crippen LogP contribution in [-0.2, 0) is 5.75 Å². The maximum atomic E-state index is 13.7. The molecule has 3 nitrogen and oxygen atoms in total. The Labute approximate surface area is 134 Å². The van der Waals surface area contributed by atoms with Crippen molar-refractivity contribution in [3.8, 4) is 0 Å². The van der Waals surface area contributed by atoms with Crippen molar-refractivity contribution >= 4 is 33.7 Å². The van der Waals surface area contributed by atoms with Crippen LogP contribution in [0.5, 0.6) is 0 Å². The fraction of sp³-hybridized carbons (Fsp3) is 0.200. The third-order valence-corrected chi connectivity index (χ3v) is 4.41. The highest BCUT2D eigenvalue weighted by Gasteiger charge is 2.16. The summed E-state index contributed by atoms with van der Waals surface area (Å²) in [6.07, 6.45) is 0. The highest BCUT2D eigenvalue weighted by atomic mass is 79.9. The first-order chi connectivity index (χ1) is 9.88. The van der Waals surface area contributed by atoms with E-state index in [2.05, 4.69) is 20.9 Å². The lowest BCUT2D eigenvalue weighted by molar-refractivity contribution is 0.0691. The zero-order chi connectivity index (χ0) is 15.6. The molecule has 0 radical (unpaired) electrons. The molecule has 110 valence electrons. The average Bonchev–Trinajstić information content (AvgIpc) is 2.38. The van der Waals surface area contributed by atoms with E-state index in [4.69, 9.17) is 0 Å². The van der Waals surface area contributed by atoms with E-state index >= 15 is 0 Å².